The first-order chi connectivity index (χ1) is 13.7. The molecule has 0 bridgehead atoms. The Morgan fingerprint density at radius 1 is 1.00 bits per heavy atom. The molecular formula is C24H24FNO3. The second-order valence-corrected chi connectivity index (χ2v) is 7.38. The number of hydrogen-bond donors (Lipinski definition) is 2. The van der Waals surface area contributed by atoms with Gasteiger partial charge in [0.05, 0.1) is 0 Å². The third-order valence-electron chi connectivity index (χ3n) is 4.67. The highest BCUT2D eigenvalue weighted by Gasteiger charge is 2.13. The van der Waals surface area contributed by atoms with Crippen molar-refractivity contribution in [3.63, 3.8) is 0 Å². The smallest absolute Gasteiger partial charge is 0.255 e. The van der Waals surface area contributed by atoms with E-state index in [1.54, 1.807) is 12.1 Å². The molecule has 4 nitrogen and oxygen atoms in total. The zero-order chi connectivity index (χ0) is 21.1. The van der Waals surface area contributed by atoms with Crippen LogP contribution in [-0.2, 0) is 0 Å². The number of amides is 1. The van der Waals surface area contributed by atoms with E-state index in [0.717, 1.165) is 16.7 Å². The first kappa shape index (κ1) is 20.4. The van der Waals surface area contributed by atoms with E-state index in [9.17, 15) is 14.3 Å². The van der Waals surface area contributed by atoms with Crippen LogP contribution in [0.4, 0.5) is 10.1 Å². The van der Waals surface area contributed by atoms with Gasteiger partial charge in [-0.05, 0) is 85.5 Å². The van der Waals surface area contributed by atoms with E-state index in [-0.39, 0.29) is 23.4 Å². The number of phenolic OH excluding ortho intramolecular Hbond substituents is 1. The number of benzene rings is 3. The summed E-state index contributed by atoms with van der Waals surface area (Å²) in [4.78, 5) is 12.4. The molecule has 2 N–H and O–H groups in total. The van der Waals surface area contributed by atoms with Crippen molar-refractivity contribution in [3.05, 3.63) is 82.7 Å². The van der Waals surface area contributed by atoms with Crippen LogP contribution < -0.4 is 10.1 Å². The molecule has 0 aliphatic rings. The largest absolute Gasteiger partial charge is 0.508 e. The van der Waals surface area contributed by atoms with Gasteiger partial charge in [0, 0.05) is 16.8 Å². The van der Waals surface area contributed by atoms with Crippen molar-refractivity contribution in [2.75, 3.05) is 5.32 Å². The van der Waals surface area contributed by atoms with Gasteiger partial charge < -0.3 is 15.2 Å². The number of nitrogens with one attached hydrogen (secondary N) is 1. The summed E-state index contributed by atoms with van der Waals surface area (Å²) < 4.78 is 19.1. The molecule has 0 fully saturated rings. The third-order valence-corrected chi connectivity index (χ3v) is 4.67. The molecule has 0 atom stereocenters. The summed E-state index contributed by atoms with van der Waals surface area (Å²) in [6.07, 6.45) is 0. The zero-order valence-electron chi connectivity index (χ0n) is 16.9. The SMILES string of the molecule is Cc1cc(NC(=O)c2ccc(F)cc2)cc(C)c1Oc1ccc(O)c(C(C)C)c1. The molecule has 1 amide bonds. The normalized spacial score (nSPS) is 10.8. The van der Waals surface area contributed by atoms with Gasteiger partial charge in [0.1, 0.15) is 23.1 Å². The van der Waals surface area contributed by atoms with Gasteiger partial charge in [0.15, 0.2) is 0 Å². The molecule has 29 heavy (non-hydrogen) atoms. The van der Waals surface area contributed by atoms with Gasteiger partial charge in [-0.2, -0.15) is 0 Å². The molecule has 0 saturated carbocycles. The minimum atomic E-state index is -0.385. The topological polar surface area (TPSA) is 58.6 Å². The lowest BCUT2D eigenvalue weighted by molar-refractivity contribution is 0.102. The first-order valence-electron chi connectivity index (χ1n) is 9.43. The summed E-state index contributed by atoms with van der Waals surface area (Å²) in [5.74, 6) is 1.07. The molecule has 5 heteroatoms. The highest BCUT2D eigenvalue weighted by Crippen LogP contribution is 2.35. The summed E-state index contributed by atoms with van der Waals surface area (Å²) >= 11 is 0. The number of aromatic hydroxyl groups is 1. The predicted octanol–water partition coefficient (Wildman–Crippen LogP) is 6.32. The number of anilines is 1. The standard InChI is InChI=1S/C24H24FNO3/c1-14(2)21-13-20(9-10-22(21)27)29-23-15(3)11-19(12-16(23)4)26-24(28)17-5-7-18(25)8-6-17/h5-14,27H,1-4H3,(H,26,28). The minimum absolute atomic E-state index is 0.171. The molecule has 3 rings (SSSR count). The molecule has 3 aromatic carbocycles. The van der Waals surface area contributed by atoms with Crippen molar-refractivity contribution in [3.8, 4) is 17.2 Å². The van der Waals surface area contributed by atoms with Gasteiger partial charge in [-0.3, -0.25) is 4.79 Å². The molecule has 0 saturated heterocycles. The monoisotopic (exact) mass is 393 g/mol. The Bertz CT molecular complexity index is 1020. The Hall–Kier alpha value is -3.34. The first-order valence-corrected chi connectivity index (χ1v) is 9.43. The summed E-state index contributed by atoms with van der Waals surface area (Å²) in [7, 11) is 0. The summed E-state index contributed by atoms with van der Waals surface area (Å²) in [5.41, 5.74) is 3.56. The van der Waals surface area contributed by atoms with E-state index < -0.39 is 0 Å². The van der Waals surface area contributed by atoms with Crippen LogP contribution in [0.1, 0.15) is 46.8 Å². The highest BCUT2D eigenvalue weighted by atomic mass is 19.1. The number of halogens is 1. The molecule has 0 heterocycles. The Morgan fingerprint density at radius 2 is 1.62 bits per heavy atom. The number of carbonyl (C=O) groups excluding carboxylic acids is 1. The fraction of sp³-hybridized carbons (Fsp3) is 0.208. The van der Waals surface area contributed by atoms with E-state index in [0.29, 0.717) is 22.7 Å². The molecule has 0 unspecified atom stereocenters. The lowest BCUT2D eigenvalue weighted by Crippen LogP contribution is -2.12. The van der Waals surface area contributed by atoms with E-state index in [1.807, 2.05) is 45.9 Å². The number of rotatable bonds is 5. The van der Waals surface area contributed by atoms with Crippen LogP contribution in [0.25, 0.3) is 0 Å². The van der Waals surface area contributed by atoms with Crippen LogP contribution >= 0.6 is 0 Å². The molecule has 0 radical (unpaired) electrons. The summed E-state index contributed by atoms with van der Waals surface area (Å²) in [5, 5.41) is 12.8. The molecule has 150 valence electrons. The quantitative estimate of drug-likeness (QED) is 0.533. The van der Waals surface area contributed by atoms with Crippen molar-refractivity contribution >= 4 is 11.6 Å². The average Bonchev–Trinajstić information content (AvgIpc) is 2.66. The second-order valence-electron chi connectivity index (χ2n) is 7.38. The Labute approximate surface area is 170 Å². The van der Waals surface area contributed by atoms with Crippen LogP contribution in [-0.4, -0.2) is 11.0 Å². The van der Waals surface area contributed by atoms with E-state index in [2.05, 4.69) is 5.32 Å². The van der Waals surface area contributed by atoms with Gasteiger partial charge in [0.2, 0.25) is 0 Å². The van der Waals surface area contributed by atoms with Crippen LogP contribution in [0.5, 0.6) is 17.2 Å². The number of ether oxygens (including phenoxy) is 1. The van der Waals surface area contributed by atoms with Crippen molar-refractivity contribution in [2.45, 2.75) is 33.6 Å². The Balaban J connectivity index is 1.81. The lowest BCUT2D eigenvalue weighted by Gasteiger charge is -2.16. The number of phenols is 1. The third kappa shape index (κ3) is 4.74. The number of hydrogen-bond acceptors (Lipinski definition) is 3. The Morgan fingerprint density at radius 3 is 2.21 bits per heavy atom. The zero-order valence-corrected chi connectivity index (χ0v) is 16.9. The summed E-state index contributed by atoms with van der Waals surface area (Å²) in [6.45, 7) is 7.82. The lowest BCUT2D eigenvalue weighted by atomic mass is 10.0. The van der Waals surface area contributed by atoms with Gasteiger partial charge >= 0.3 is 0 Å². The molecule has 0 aliphatic carbocycles. The van der Waals surface area contributed by atoms with Gasteiger partial charge in [-0.25, -0.2) is 4.39 Å². The average molecular weight is 393 g/mol. The van der Waals surface area contributed by atoms with Crippen LogP contribution in [0.3, 0.4) is 0 Å². The fourth-order valence-electron chi connectivity index (χ4n) is 3.16. The maximum absolute atomic E-state index is 13.0. The van der Waals surface area contributed by atoms with Crippen molar-refractivity contribution in [1.29, 1.82) is 0 Å². The molecule has 0 aliphatic heterocycles. The predicted molar refractivity (Wildman–Crippen MR) is 113 cm³/mol. The van der Waals surface area contributed by atoms with E-state index in [1.165, 1.54) is 24.3 Å². The molecule has 0 aromatic heterocycles. The van der Waals surface area contributed by atoms with Crippen LogP contribution in [0.2, 0.25) is 0 Å². The van der Waals surface area contributed by atoms with Crippen molar-refractivity contribution in [1.82, 2.24) is 0 Å². The number of carbonyl (C=O) groups is 1. The second kappa shape index (κ2) is 8.35. The summed E-state index contributed by atoms with van der Waals surface area (Å²) in [6, 6.07) is 14.2. The van der Waals surface area contributed by atoms with Gasteiger partial charge in [0.25, 0.3) is 5.91 Å². The van der Waals surface area contributed by atoms with Crippen LogP contribution in [0, 0.1) is 19.7 Å². The fourth-order valence-corrected chi connectivity index (χ4v) is 3.16. The van der Waals surface area contributed by atoms with E-state index >= 15 is 0 Å². The van der Waals surface area contributed by atoms with Gasteiger partial charge in [-0.15, -0.1) is 0 Å². The van der Waals surface area contributed by atoms with E-state index in [4.69, 9.17) is 4.74 Å². The minimum Gasteiger partial charge on any atom is -0.508 e. The van der Waals surface area contributed by atoms with Crippen LogP contribution in [0.15, 0.2) is 54.6 Å². The number of aryl methyl sites for hydroxylation is 2. The van der Waals surface area contributed by atoms with Gasteiger partial charge in [-0.1, -0.05) is 13.8 Å². The molecule has 3 aromatic rings. The molecular weight excluding hydrogens is 369 g/mol. The van der Waals surface area contributed by atoms with Crippen molar-refractivity contribution in [2.24, 2.45) is 0 Å². The molecule has 0 spiro atoms. The maximum atomic E-state index is 13.0. The van der Waals surface area contributed by atoms with Crippen molar-refractivity contribution < 1.29 is 19.0 Å². The maximum Gasteiger partial charge on any atom is 0.255 e. The Kier molecular flexibility index (Phi) is 5.87. The highest BCUT2D eigenvalue weighted by molar-refractivity contribution is 6.04.